The molecule has 96 valence electrons. The second kappa shape index (κ2) is 5.72. The van der Waals surface area contributed by atoms with Gasteiger partial charge in [-0.1, -0.05) is 6.07 Å². The van der Waals surface area contributed by atoms with Crippen LogP contribution in [0.3, 0.4) is 0 Å². The number of nitrogen functional groups attached to an aromatic ring is 1. The van der Waals surface area contributed by atoms with Crippen molar-refractivity contribution in [2.45, 2.75) is 10.6 Å². The normalized spacial score (nSPS) is 10.2. The van der Waals surface area contributed by atoms with Crippen LogP contribution in [0.5, 0.6) is 0 Å². The van der Waals surface area contributed by atoms with Gasteiger partial charge in [-0.25, -0.2) is 8.78 Å². The van der Waals surface area contributed by atoms with E-state index in [4.69, 9.17) is 11.0 Å². The maximum Gasteiger partial charge on any atom is 0.140 e. The van der Waals surface area contributed by atoms with Crippen molar-refractivity contribution in [3.05, 3.63) is 59.2 Å². The number of rotatable bonds is 3. The summed E-state index contributed by atoms with van der Waals surface area (Å²) < 4.78 is 26.0. The highest BCUT2D eigenvalue weighted by Crippen LogP contribution is 2.29. The first kappa shape index (κ1) is 13.4. The number of hydrogen-bond acceptors (Lipinski definition) is 3. The van der Waals surface area contributed by atoms with Gasteiger partial charge in [-0.05, 0) is 35.9 Å². The fourth-order valence-corrected chi connectivity index (χ4v) is 2.45. The van der Waals surface area contributed by atoms with Gasteiger partial charge in [-0.3, -0.25) is 0 Å². The summed E-state index contributed by atoms with van der Waals surface area (Å²) in [6, 6.07) is 10.4. The van der Waals surface area contributed by atoms with Gasteiger partial charge in [0.2, 0.25) is 0 Å². The van der Waals surface area contributed by atoms with Crippen LogP contribution < -0.4 is 5.73 Å². The lowest BCUT2D eigenvalue weighted by Crippen LogP contribution is -1.91. The second-order valence-electron chi connectivity index (χ2n) is 3.90. The molecule has 0 saturated carbocycles. The molecule has 0 unspecified atom stereocenters. The van der Waals surface area contributed by atoms with Crippen LogP contribution in [0.1, 0.15) is 11.1 Å². The van der Waals surface area contributed by atoms with E-state index in [1.165, 1.54) is 36.0 Å². The largest absolute Gasteiger partial charge is 0.398 e. The molecule has 0 atom stereocenters. The Labute approximate surface area is 113 Å². The molecule has 0 aliphatic rings. The molecule has 0 heterocycles. The predicted molar refractivity (Wildman–Crippen MR) is 71.5 cm³/mol. The molecular weight excluding hydrogens is 266 g/mol. The van der Waals surface area contributed by atoms with Gasteiger partial charge in [-0.15, -0.1) is 11.8 Å². The van der Waals surface area contributed by atoms with E-state index in [9.17, 15) is 8.78 Å². The van der Waals surface area contributed by atoms with Gasteiger partial charge < -0.3 is 5.73 Å². The van der Waals surface area contributed by atoms with E-state index < -0.39 is 5.82 Å². The molecule has 2 nitrogen and oxygen atoms in total. The first-order valence-corrected chi connectivity index (χ1v) is 6.45. The molecule has 0 amide bonds. The van der Waals surface area contributed by atoms with Crippen LogP contribution >= 0.6 is 11.8 Å². The topological polar surface area (TPSA) is 49.8 Å². The highest BCUT2D eigenvalue weighted by atomic mass is 32.2. The minimum absolute atomic E-state index is 0.0187. The fraction of sp³-hybridized carbons (Fsp3) is 0.0714. The third kappa shape index (κ3) is 3.24. The molecule has 2 N–H and O–H groups in total. The van der Waals surface area contributed by atoms with Crippen LogP contribution in [0.4, 0.5) is 14.5 Å². The zero-order chi connectivity index (χ0) is 13.8. The number of nitriles is 1. The van der Waals surface area contributed by atoms with Crippen LogP contribution in [-0.2, 0) is 5.75 Å². The summed E-state index contributed by atoms with van der Waals surface area (Å²) in [6.45, 7) is 0. The van der Waals surface area contributed by atoms with Crippen LogP contribution in [0.25, 0.3) is 0 Å². The Kier molecular flexibility index (Phi) is 4.03. The molecule has 0 aliphatic carbocycles. The Hall–Kier alpha value is -2.06. The lowest BCUT2D eigenvalue weighted by molar-refractivity contribution is 0.623. The molecule has 2 rings (SSSR count). The van der Waals surface area contributed by atoms with Crippen molar-refractivity contribution in [2.75, 3.05) is 5.73 Å². The predicted octanol–water partition coefficient (Wildman–Crippen LogP) is 3.71. The average Bonchev–Trinajstić information content (AvgIpc) is 2.39. The Bertz CT molecular complexity index is 650. The summed E-state index contributed by atoms with van der Waals surface area (Å²) in [7, 11) is 0. The Morgan fingerprint density at radius 3 is 2.63 bits per heavy atom. The van der Waals surface area contributed by atoms with E-state index in [1.54, 1.807) is 18.2 Å². The van der Waals surface area contributed by atoms with Crippen LogP contribution in [0, 0.1) is 23.0 Å². The first-order chi connectivity index (χ1) is 9.10. The third-order valence-electron chi connectivity index (χ3n) is 2.52. The minimum atomic E-state index is -0.530. The maximum absolute atomic E-state index is 13.2. The van der Waals surface area contributed by atoms with Crippen LogP contribution in [0.15, 0.2) is 41.3 Å². The zero-order valence-electron chi connectivity index (χ0n) is 9.86. The van der Waals surface area contributed by atoms with Crippen molar-refractivity contribution in [3.63, 3.8) is 0 Å². The lowest BCUT2D eigenvalue weighted by atomic mass is 10.1. The molecular formula is C14H10F2N2S. The van der Waals surface area contributed by atoms with Crippen LogP contribution in [0.2, 0.25) is 0 Å². The average molecular weight is 276 g/mol. The third-order valence-corrected chi connectivity index (χ3v) is 3.68. The summed E-state index contributed by atoms with van der Waals surface area (Å²) in [5, 5.41) is 8.74. The standard InChI is InChI=1S/C14H10F2N2S/c15-11-2-4-14(13(18)6-11)19-8-9-1-3-12(16)10(5-9)7-17/h1-6H,8,18H2. The number of thioether (sulfide) groups is 1. The van der Waals surface area contributed by atoms with E-state index in [0.29, 0.717) is 11.4 Å². The molecule has 0 spiro atoms. The van der Waals surface area contributed by atoms with Gasteiger partial charge in [0.15, 0.2) is 0 Å². The van der Waals surface area contributed by atoms with Gasteiger partial charge in [-0.2, -0.15) is 5.26 Å². The summed E-state index contributed by atoms with van der Waals surface area (Å²) in [4.78, 5) is 0.754. The number of nitrogens with two attached hydrogens (primary N) is 1. The molecule has 2 aromatic rings. The molecule has 0 fully saturated rings. The summed E-state index contributed by atoms with van der Waals surface area (Å²) in [5.41, 5.74) is 6.89. The van der Waals surface area contributed by atoms with Gasteiger partial charge in [0, 0.05) is 16.3 Å². The van der Waals surface area contributed by atoms with Crippen molar-refractivity contribution >= 4 is 17.4 Å². The lowest BCUT2D eigenvalue weighted by Gasteiger charge is -2.06. The molecule has 5 heteroatoms. The quantitative estimate of drug-likeness (QED) is 0.686. The van der Waals surface area contributed by atoms with Gasteiger partial charge in [0.05, 0.1) is 5.56 Å². The van der Waals surface area contributed by atoms with Gasteiger partial charge in [0.1, 0.15) is 17.7 Å². The molecule has 0 bridgehead atoms. The van der Waals surface area contributed by atoms with Crippen molar-refractivity contribution < 1.29 is 8.78 Å². The Morgan fingerprint density at radius 1 is 1.16 bits per heavy atom. The van der Waals surface area contributed by atoms with E-state index in [0.717, 1.165) is 10.5 Å². The SMILES string of the molecule is N#Cc1cc(CSc2ccc(F)cc2N)ccc1F. The highest BCUT2D eigenvalue weighted by Gasteiger charge is 2.05. The molecule has 19 heavy (non-hydrogen) atoms. The summed E-state index contributed by atoms with van der Waals surface area (Å²) in [6.07, 6.45) is 0. The van der Waals surface area contributed by atoms with E-state index >= 15 is 0 Å². The molecule has 0 saturated heterocycles. The second-order valence-corrected chi connectivity index (χ2v) is 4.91. The highest BCUT2D eigenvalue weighted by molar-refractivity contribution is 7.98. The number of hydrogen-bond donors (Lipinski definition) is 1. The van der Waals surface area contributed by atoms with Gasteiger partial charge in [0.25, 0.3) is 0 Å². The number of anilines is 1. The monoisotopic (exact) mass is 276 g/mol. The summed E-state index contributed by atoms with van der Waals surface area (Å²) >= 11 is 1.41. The minimum Gasteiger partial charge on any atom is -0.398 e. The van der Waals surface area contributed by atoms with E-state index in [2.05, 4.69) is 0 Å². The molecule has 2 aromatic carbocycles. The smallest absolute Gasteiger partial charge is 0.140 e. The van der Waals surface area contributed by atoms with Crippen molar-refractivity contribution in [1.29, 1.82) is 5.26 Å². The molecule has 0 aromatic heterocycles. The molecule has 0 radical (unpaired) electrons. The number of halogens is 2. The van der Waals surface area contributed by atoms with Crippen molar-refractivity contribution in [1.82, 2.24) is 0 Å². The van der Waals surface area contributed by atoms with Crippen molar-refractivity contribution in [2.24, 2.45) is 0 Å². The first-order valence-electron chi connectivity index (χ1n) is 5.46. The number of nitrogens with zero attached hydrogens (tertiary/aromatic N) is 1. The maximum atomic E-state index is 13.2. The van der Waals surface area contributed by atoms with Gasteiger partial charge >= 0.3 is 0 Å². The fourth-order valence-electron chi connectivity index (χ4n) is 1.56. The Balaban J connectivity index is 2.13. The van der Waals surface area contributed by atoms with E-state index in [-0.39, 0.29) is 11.4 Å². The molecule has 0 aliphatic heterocycles. The zero-order valence-corrected chi connectivity index (χ0v) is 10.7. The number of benzene rings is 2. The van der Waals surface area contributed by atoms with Crippen LogP contribution in [-0.4, -0.2) is 0 Å². The van der Waals surface area contributed by atoms with Crippen molar-refractivity contribution in [3.8, 4) is 6.07 Å². The Morgan fingerprint density at radius 2 is 1.95 bits per heavy atom. The summed E-state index contributed by atoms with van der Waals surface area (Å²) in [5.74, 6) is -0.377. The van der Waals surface area contributed by atoms with E-state index in [1.807, 2.05) is 0 Å².